The molecule has 4 aliphatic heterocycles. The van der Waals surface area contributed by atoms with E-state index in [0.717, 1.165) is 32.6 Å². The second kappa shape index (κ2) is 2.80. The Bertz CT molecular complexity index is 260. The first-order valence-electron chi connectivity index (χ1n) is 5.72. The lowest BCUT2D eigenvalue weighted by molar-refractivity contribution is -0.144. The van der Waals surface area contributed by atoms with Gasteiger partial charge in [0.2, 0.25) is 0 Å². The lowest BCUT2D eigenvalue weighted by Gasteiger charge is -2.47. The summed E-state index contributed by atoms with van der Waals surface area (Å²) < 4.78 is 0. The van der Waals surface area contributed by atoms with Crippen LogP contribution in [0.1, 0.15) is 13.3 Å². The van der Waals surface area contributed by atoms with Crippen LogP contribution in [0, 0.1) is 11.3 Å². The monoisotopic (exact) mass is 194 g/mol. The van der Waals surface area contributed by atoms with Crippen molar-refractivity contribution in [2.75, 3.05) is 39.3 Å². The van der Waals surface area contributed by atoms with Gasteiger partial charge in [0.1, 0.15) is 5.78 Å². The molecule has 0 aromatic rings. The van der Waals surface area contributed by atoms with Crippen molar-refractivity contribution in [3.05, 3.63) is 0 Å². The maximum absolute atomic E-state index is 12.2. The van der Waals surface area contributed by atoms with E-state index in [1.165, 1.54) is 13.1 Å². The molecule has 0 saturated carbocycles. The van der Waals surface area contributed by atoms with E-state index < -0.39 is 0 Å². The molecular formula is C11H18N2O. The fourth-order valence-electron chi connectivity index (χ4n) is 3.49. The lowest BCUT2D eigenvalue weighted by Crippen LogP contribution is -2.61. The van der Waals surface area contributed by atoms with Crippen LogP contribution in [0.2, 0.25) is 0 Å². The number of carbonyl (C=O) groups is 1. The van der Waals surface area contributed by atoms with E-state index >= 15 is 0 Å². The van der Waals surface area contributed by atoms with E-state index in [4.69, 9.17) is 0 Å². The molecule has 0 aromatic heterocycles. The summed E-state index contributed by atoms with van der Waals surface area (Å²) in [4.78, 5) is 17.2. The predicted molar refractivity (Wildman–Crippen MR) is 54.1 cm³/mol. The molecule has 3 heteroatoms. The SMILES string of the molecule is CCC12CN3CCN(CC(C3)C1=O)C2. The van der Waals surface area contributed by atoms with Crippen LogP contribution in [0.5, 0.6) is 0 Å². The fraction of sp³-hybridized carbons (Fsp3) is 0.909. The number of Topliss-reactive ketones (excluding diaryl/α,β-unsaturated/α-hetero) is 1. The van der Waals surface area contributed by atoms with Crippen LogP contribution in [-0.4, -0.2) is 54.9 Å². The van der Waals surface area contributed by atoms with Gasteiger partial charge in [-0.25, -0.2) is 0 Å². The van der Waals surface area contributed by atoms with Crippen molar-refractivity contribution < 1.29 is 4.79 Å². The third-order valence-corrected chi connectivity index (χ3v) is 4.31. The largest absolute Gasteiger partial charge is 0.300 e. The smallest absolute Gasteiger partial charge is 0.147 e. The van der Waals surface area contributed by atoms with E-state index in [0.29, 0.717) is 11.7 Å². The molecule has 0 N–H and O–H groups in total. The normalized spacial score (nSPS) is 50.9. The van der Waals surface area contributed by atoms with Gasteiger partial charge in [-0.05, 0) is 6.42 Å². The Hall–Kier alpha value is -0.410. The highest BCUT2D eigenvalue weighted by Gasteiger charge is 2.52. The van der Waals surface area contributed by atoms with Crippen LogP contribution in [0.4, 0.5) is 0 Å². The summed E-state index contributed by atoms with van der Waals surface area (Å²) in [6, 6.07) is 0. The Morgan fingerprint density at radius 2 is 1.86 bits per heavy atom. The molecule has 2 atom stereocenters. The van der Waals surface area contributed by atoms with E-state index in [2.05, 4.69) is 16.7 Å². The summed E-state index contributed by atoms with van der Waals surface area (Å²) in [5, 5.41) is 0. The van der Waals surface area contributed by atoms with E-state index in [1.54, 1.807) is 0 Å². The van der Waals surface area contributed by atoms with Crippen molar-refractivity contribution in [2.24, 2.45) is 11.3 Å². The maximum Gasteiger partial charge on any atom is 0.147 e. The third kappa shape index (κ3) is 1.03. The molecule has 2 unspecified atom stereocenters. The van der Waals surface area contributed by atoms with Crippen LogP contribution >= 0.6 is 0 Å². The molecule has 4 aliphatic rings. The minimum absolute atomic E-state index is 0.00231. The molecule has 4 heterocycles. The number of carbonyl (C=O) groups excluding carboxylic acids is 1. The highest BCUT2D eigenvalue weighted by atomic mass is 16.1. The van der Waals surface area contributed by atoms with Gasteiger partial charge in [-0.1, -0.05) is 6.92 Å². The van der Waals surface area contributed by atoms with E-state index in [9.17, 15) is 4.79 Å². The molecule has 4 fully saturated rings. The highest BCUT2D eigenvalue weighted by molar-refractivity contribution is 5.89. The van der Waals surface area contributed by atoms with E-state index in [1.807, 2.05) is 0 Å². The second-order valence-electron chi connectivity index (χ2n) is 5.17. The first-order chi connectivity index (χ1) is 6.73. The first kappa shape index (κ1) is 8.86. The zero-order valence-corrected chi connectivity index (χ0v) is 8.83. The summed E-state index contributed by atoms with van der Waals surface area (Å²) in [7, 11) is 0. The van der Waals surface area contributed by atoms with Gasteiger partial charge < -0.3 is 9.80 Å². The Morgan fingerprint density at radius 1 is 1.29 bits per heavy atom. The second-order valence-corrected chi connectivity index (χ2v) is 5.17. The molecule has 4 rings (SSSR count). The van der Waals surface area contributed by atoms with Gasteiger partial charge in [0.05, 0.1) is 5.41 Å². The molecule has 14 heavy (non-hydrogen) atoms. The zero-order chi connectivity index (χ0) is 9.76. The molecule has 4 bridgehead atoms. The quantitative estimate of drug-likeness (QED) is 0.596. The molecule has 78 valence electrons. The van der Waals surface area contributed by atoms with Crippen molar-refractivity contribution in [2.45, 2.75) is 13.3 Å². The molecule has 3 nitrogen and oxygen atoms in total. The lowest BCUT2D eigenvalue weighted by atomic mass is 9.70. The number of fused-ring (bicyclic) bond motifs is 1. The first-order valence-corrected chi connectivity index (χ1v) is 5.72. The Labute approximate surface area is 85.1 Å². The average molecular weight is 194 g/mol. The van der Waals surface area contributed by atoms with Gasteiger partial charge >= 0.3 is 0 Å². The molecule has 0 amide bonds. The van der Waals surface area contributed by atoms with Gasteiger partial charge in [0.25, 0.3) is 0 Å². The average Bonchev–Trinajstić information content (AvgIpc) is 2.41. The number of ketones is 1. The van der Waals surface area contributed by atoms with Gasteiger partial charge in [-0.3, -0.25) is 4.79 Å². The molecule has 0 spiro atoms. The van der Waals surface area contributed by atoms with Crippen molar-refractivity contribution >= 4 is 5.78 Å². The van der Waals surface area contributed by atoms with Crippen molar-refractivity contribution in [3.63, 3.8) is 0 Å². The number of nitrogens with zero attached hydrogens (tertiary/aromatic N) is 2. The van der Waals surface area contributed by atoms with Crippen molar-refractivity contribution in [1.82, 2.24) is 9.80 Å². The predicted octanol–water partition coefficient (Wildman–Crippen LogP) is 0.213. The Kier molecular flexibility index (Phi) is 1.77. The maximum atomic E-state index is 12.2. The van der Waals surface area contributed by atoms with Gasteiger partial charge in [0.15, 0.2) is 0 Å². The topological polar surface area (TPSA) is 23.6 Å². The highest BCUT2D eigenvalue weighted by Crippen LogP contribution is 2.39. The van der Waals surface area contributed by atoms with Crippen LogP contribution < -0.4 is 0 Å². The number of piperidine rings is 2. The summed E-state index contributed by atoms with van der Waals surface area (Å²) in [5.41, 5.74) is -0.00231. The number of hydrogen-bond acceptors (Lipinski definition) is 3. The molecular weight excluding hydrogens is 176 g/mol. The van der Waals surface area contributed by atoms with Crippen molar-refractivity contribution in [3.8, 4) is 0 Å². The van der Waals surface area contributed by atoms with Gasteiger partial charge in [0, 0.05) is 45.2 Å². The summed E-state index contributed by atoms with van der Waals surface area (Å²) in [5.74, 6) is 0.884. The zero-order valence-electron chi connectivity index (χ0n) is 8.83. The third-order valence-electron chi connectivity index (χ3n) is 4.31. The summed E-state index contributed by atoms with van der Waals surface area (Å²) in [6.45, 7) is 8.61. The summed E-state index contributed by atoms with van der Waals surface area (Å²) in [6.07, 6.45) is 1.02. The Balaban J connectivity index is 2.01. The van der Waals surface area contributed by atoms with Crippen LogP contribution in [-0.2, 0) is 4.79 Å². The summed E-state index contributed by atoms with van der Waals surface area (Å²) >= 11 is 0. The van der Waals surface area contributed by atoms with Crippen LogP contribution in [0.3, 0.4) is 0 Å². The molecule has 4 saturated heterocycles. The number of hydrogen-bond donors (Lipinski definition) is 0. The van der Waals surface area contributed by atoms with E-state index in [-0.39, 0.29) is 5.41 Å². The van der Waals surface area contributed by atoms with Crippen molar-refractivity contribution in [1.29, 1.82) is 0 Å². The number of rotatable bonds is 1. The molecule has 0 radical (unpaired) electrons. The van der Waals surface area contributed by atoms with Crippen LogP contribution in [0.25, 0.3) is 0 Å². The Morgan fingerprint density at radius 3 is 2.36 bits per heavy atom. The minimum Gasteiger partial charge on any atom is -0.300 e. The fourth-order valence-corrected chi connectivity index (χ4v) is 3.49. The molecule has 0 aliphatic carbocycles. The minimum atomic E-state index is -0.00231. The van der Waals surface area contributed by atoms with Crippen LogP contribution in [0.15, 0.2) is 0 Å². The molecule has 0 aromatic carbocycles. The standard InChI is InChI=1S/C11H18N2O/c1-2-11-7-12-3-4-13(8-11)6-9(5-12)10(11)14/h9H,2-8H2,1H3. The van der Waals surface area contributed by atoms with Gasteiger partial charge in [-0.15, -0.1) is 0 Å². The van der Waals surface area contributed by atoms with Gasteiger partial charge in [-0.2, -0.15) is 0 Å².